The van der Waals surface area contributed by atoms with E-state index in [1.165, 1.54) is 0 Å². The van der Waals surface area contributed by atoms with Gasteiger partial charge >= 0.3 is 0 Å². The van der Waals surface area contributed by atoms with Crippen LogP contribution >= 0.6 is 0 Å². The van der Waals surface area contributed by atoms with Gasteiger partial charge in [0.05, 0.1) is 16.4 Å². The van der Waals surface area contributed by atoms with Crippen molar-refractivity contribution in [2.75, 3.05) is 44.2 Å². The number of aromatic nitrogens is 4. The summed E-state index contributed by atoms with van der Waals surface area (Å²) in [7, 11) is 0. The van der Waals surface area contributed by atoms with E-state index in [0.717, 1.165) is 56.6 Å². The second-order valence-corrected chi connectivity index (χ2v) is 10.0. The Hall–Kier alpha value is -3.50. The monoisotopic (exact) mass is 472 g/mol. The maximum Gasteiger partial charge on any atom is 0.259 e. The van der Waals surface area contributed by atoms with Gasteiger partial charge in [-0.15, -0.1) is 0 Å². The summed E-state index contributed by atoms with van der Waals surface area (Å²) in [6.45, 7) is 5.31. The Bertz CT molecular complexity index is 1510. The van der Waals surface area contributed by atoms with Crippen LogP contribution in [0.2, 0.25) is 0 Å². The van der Waals surface area contributed by atoms with Crippen molar-refractivity contribution in [3.8, 4) is 0 Å². The van der Waals surface area contributed by atoms with E-state index in [1.807, 2.05) is 28.7 Å². The van der Waals surface area contributed by atoms with Crippen molar-refractivity contribution in [3.05, 3.63) is 46.2 Å². The van der Waals surface area contributed by atoms with Gasteiger partial charge < -0.3 is 25.8 Å². The van der Waals surface area contributed by atoms with Crippen LogP contribution in [0.15, 0.2) is 35.3 Å². The Morgan fingerprint density at radius 3 is 2.80 bits per heavy atom. The van der Waals surface area contributed by atoms with E-state index in [0.29, 0.717) is 41.0 Å². The predicted molar refractivity (Wildman–Crippen MR) is 134 cm³/mol. The molecule has 3 fully saturated rings. The lowest BCUT2D eigenvalue weighted by Gasteiger charge is -2.18. The number of imidazole rings is 1. The molecule has 0 spiro atoms. The van der Waals surface area contributed by atoms with E-state index in [9.17, 15) is 9.59 Å². The molecule has 3 atom stereocenters. The molecule has 4 aromatic rings. The summed E-state index contributed by atoms with van der Waals surface area (Å²) in [6.07, 6.45) is 3.71. The van der Waals surface area contributed by atoms with Gasteiger partial charge in [0.15, 0.2) is 5.65 Å². The van der Waals surface area contributed by atoms with Gasteiger partial charge in [0.25, 0.3) is 5.91 Å². The van der Waals surface area contributed by atoms with E-state index in [2.05, 4.69) is 30.8 Å². The van der Waals surface area contributed by atoms with Gasteiger partial charge in [-0.2, -0.15) is 4.98 Å². The lowest BCUT2D eigenvalue weighted by Crippen LogP contribution is -2.39. The minimum atomic E-state index is -0.376. The first-order valence-electron chi connectivity index (χ1n) is 12.5. The normalized spacial score (nSPS) is 24.1. The molecule has 35 heavy (non-hydrogen) atoms. The van der Waals surface area contributed by atoms with Crippen LogP contribution in [0, 0.1) is 11.8 Å². The summed E-state index contributed by atoms with van der Waals surface area (Å²) in [6, 6.07) is 8.03. The van der Waals surface area contributed by atoms with Crippen molar-refractivity contribution in [2.24, 2.45) is 11.8 Å². The highest BCUT2D eigenvalue weighted by atomic mass is 16.2. The number of carbonyl (C=O) groups excluding carboxylic acids is 1. The fourth-order valence-corrected chi connectivity index (χ4v) is 6.03. The highest BCUT2D eigenvalue weighted by Gasteiger charge is 2.37. The topological polar surface area (TPSA) is 119 Å². The zero-order valence-electron chi connectivity index (χ0n) is 19.4. The van der Waals surface area contributed by atoms with E-state index < -0.39 is 0 Å². The summed E-state index contributed by atoms with van der Waals surface area (Å²) < 4.78 is 1.90. The number of nitrogens with one attached hydrogen (secondary N) is 4. The maximum absolute atomic E-state index is 13.6. The highest BCUT2D eigenvalue weighted by Crippen LogP contribution is 2.30. The molecule has 0 bridgehead atoms. The van der Waals surface area contributed by atoms with Crippen LogP contribution in [0.4, 0.5) is 5.95 Å². The zero-order valence-corrected chi connectivity index (χ0v) is 19.4. The Labute approximate surface area is 201 Å². The zero-order chi connectivity index (χ0) is 23.5. The SMILES string of the molecule is O=C(NCC1CCCN1)c1c(=O)c2cnc(N3CC4CNCC4C3)nc2n2c1[nH]c1ccccc12. The van der Waals surface area contributed by atoms with E-state index in [1.54, 1.807) is 6.20 Å². The Morgan fingerprint density at radius 2 is 2.00 bits per heavy atom. The molecule has 10 nitrogen and oxygen atoms in total. The number of hydrogen-bond donors (Lipinski definition) is 4. The number of hydrogen-bond acceptors (Lipinski definition) is 7. The number of amides is 1. The Kier molecular flexibility index (Phi) is 4.78. The average molecular weight is 473 g/mol. The standard InChI is InChI=1S/C25H28N8O2/c34-21-17-11-29-25(32-12-14-8-26-9-15(14)13-32)31-22(17)33-19-6-2-1-5-18(19)30-23(33)20(21)24(35)28-10-16-4-3-7-27-16/h1-2,5-6,11,14-16,26-27,30H,3-4,7-10,12-13H2,(H,28,35). The van der Waals surface area contributed by atoms with Gasteiger partial charge in [-0.3, -0.25) is 14.0 Å². The number of fused-ring (bicyclic) bond motifs is 6. The van der Waals surface area contributed by atoms with Gasteiger partial charge in [-0.25, -0.2) is 4.98 Å². The minimum Gasteiger partial charge on any atom is -0.350 e. The first kappa shape index (κ1) is 20.8. The number of anilines is 1. The van der Waals surface area contributed by atoms with Crippen LogP contribution in [0.3, 0.4) is 0 Å². The van der Waals surface area contributed by atoms with Crippen LogP contribution in [-0.2, 0) is 0 Å². The predicted octanol–water partition coefficient (Wildman–Crippen LogP) is 0.861. The van der Waals surface area contributed by atoms with Crippen LogP contribution in [0.1, 0.15) is 23.2 Å². The third kappa shape index (κ3) is 3.31. The van der Waals surface area contributed by atoms with Crippen molar-refractivity contribution >= 4 is 39.6 Å². The summed E-state index contributed by atoms with van der Waals surface area (Å²) in [5.74, 6) is 1.46. The first-order valence-corrected chi connectivity index (χ1v) is 12.5. The first-order chi connectivity index (χ1) is 17.2. The van der Waals surface area contributed by atoms with Crippen molar-refractivity contribution in [2.45, 2.75) is 18.9 Å². The molecular formula is C25H28N8O2. The smallest absolute Gasteiger partial charge is 0.259 e. The summed E-state index contributed by atoms with van der Waals surface area (Å²) in [5, 5.41) is 10.2. The molecule has 6 heterocycles. The number of benzene rings is 1. The van der Waals surface area contributed by atoms with Crippen LogP contribution < -0.4 is 26.3 Å². The third-order valence-electron chi connectivity index (χ3n) is 7.87. The lowest BCUT2D eigenvalue weighted by molar-refractivity contribution is 0.0950. The molecule has 7 rings (SSSR count). The molecule has 0 saturated carbocycles. The molecule has 0 radical (unpaired) electrons. The quantitative estimate of drug-likeness (QED) is 0.348. The fourth-order valence-electron chi connectivity index (χ4n) is 6.03. The summed E-state index contributed by atoms with van der Waals surface area (Å²) in [4.78, 5) is 42.0. The molecule has 0 aliphatic carbocycles. The number of H-pyrrole nitrogens is 1. The minimum absolute atomic E-state index is 0.102. The molecule has 10 heteroatoms. The van der Waals surface area contributed by atoms with Gasteiger partial charge in [-0.1, -0.05) is 12.1 Å². The largest absolute Gasteiger partial charge is 0.350 e. The highest BCUT2D eigenvalue weighted by molar-refractivity contribution is 6.05. The van der Waals surface area contributed by atoms with Crippen molar-refractivity contribution < 1.29 is 4.79 Å². The number of nitrogens with zero attached hydrogens (tertiary/aromatic N) is 4. The van der Waals surface area contributed by atoms with Gasteiger partial charge in [-0.05, 0) is 43.4 Å². The molecule has 3 aromatic heterocycles. The molecule has 3 aliphatic rings. The van der Waals surface area contributed by atoms with E-state index in [-0.39, 0.29) is 22.9 Å². The average Bonchev–Trinajstić information content (AvgIpc) is 3.66. The van der Waals surface area contributed by atoms with Gasteiger partial charge in [0.2, 0.25) is 11.4 Å². The van der Waals surface area contributed by atoms with Gasteiger partial charge in [0.1, 0.15) is 11.2 Å². The van der Waals surface area contributed by atoms with E-state index >= 15 is 0 Å². The van der Waals surface area contributed by atoms with Crippen molar-refractivity contribution in [3.63, 3.8) is 0 Å². The molecule has 3 saturated heterocycles. The lowest BCUT2D eigenvalue weighted by atomic mass is 10.0. The number of rotatable bonds is 4. The van der Waals surface area contributed by atoms with Gasteiger partial charge in [0, 0.05) is 45.0 Å². The van der Waals surface area contributed by atoms with Crippen molar-refractivity contribution in [1.29, 1.82) is 0 Å². The third-order valence-corrected chi connectivity index (χ3v) is 7.87. The molecule has 4 N–H and O–H groups in total. The Morgan fingerprint density at radius 1 is 1.17 bits per heavy atom. The maximum atomic E-state index is 13.6. The second-order valence-electron chi connectivity index (χ2n) is 10.0. The molecule has 1 amide bonds. The second kappa shape index (κ2) is 8.03. The molecule has 3 unspecified atom stereocenters. The van der Waals surface area contributed by atoms with Crippen LogP contribution in [0.25, 0.3) is 27.7 Å². The number of para-hydroxylation sites is 2. The van der Waals surface area contributed by atoms with Crippen LogP contribution in [0.5, 0.6) is 0 Å². The van der Waals surface area contributed by atoms with Crippen LogP contribution in [-0.4, -0.2) is 70.6 Å². The molecule has 1 aromatic carbocycles. The molecule has 180 valence electrons. The molecule has 3 aliphatic heterocycles. The summed E-state index contributed by atoms with van der Waals surface area (Å²) >= 11 is 0. The summed E-state index contributed by atoms with van der Waals surface area (Å²) in [5.41, 5.74) is 2.45. The molecular weight excluding hydrogens is 444 g/mol. The Balaban J connectivity index is 1.37. The van der Waals surface area contributed by atoms with E-state index in [4.69, 9.17) is 4.98 Å². The fraction of sp³-hybridized carbons (Fsp3) is 0.440. The number of carbonyl (C=O) groups is 1. The number of pyridine rings is 1. The van der Waals surface area contributed by atoms with Crippen molar-refractivity contribution in [1.82, 2.24) is 35.3 Å². The number of aromatic amines is 1.